The first-order valence-electron chi connectivity index (χ1n) is 12.9. The minimum absolute atomic E-state index is 0.250. The highest BCUT2D eigenvalue weighted by Gasteiger charge is 2.18. The Kier molecular flexibility index (Phi) is 9.11. The van der Waals surface area contributed by atoms with Gasteiger partial charge in [-0.2, -0.15) is 4.98 Å². The lowest BCUT2D eigenvalue weighted by molar-refractivity contribution is 0.190. The normalized spacial score (nSPS) is 15.2. The van der Waals surface area contributed by atoms with Crippen LogP contribution in [-0.2, 0) is 17.8 Å². The monoisotopic (exact) mass is 490 g/mol. The smallest absolute Gasteiger partial charge is 0.222 e. The van der Waals surface area contributed by atoms with Crippen LogP contribution >= 0.6 is 0 Å². The molecule has 1 fully saturated rings. The molecule has 0 spiro atoms. The average Bonchev–Trinajstić information content (AvgIpc) is 3.51. The second kappa shape index (κ2) is 12.7. The zero-order chi connectivity index (χ0) is 25.3. The molecule has 0 amide bonds. The second-order valence-corrected chi connectivity index (χ2v) is 9.09. The minimum Gasteiger partial charge on any atom is -0.397 e. The van der Waals surface area contributed by atoms with Crippen LogP contribution < -0.4 is 16.4 Å². The zero-order valence-electron chi connectivity index (χ0n) is 21.3. The standard InChI is InChI=1S/C26H32N6O.C2H6O/c1-2-3-12-28-25-24-23(30-26(27)31-25)21-9-4-5-10-22(21)32(24)16-19-8-6-7-18(14-19)15-29-20-11-13-33-17-20;1-2-3/h4-10,14,20,29H,2-3,11-13,15-17H2,1H3,(H3,27,28,30,31);3H,2H2,1H3. The van der Waals surface area contributed by atoms with Crippen molar-refractivity contribution in [3.8, 4) is 0 Å². The molecule has 192 valence electrons. The molecule has 2 aromatic heterocycles. The number of aromatic nitrogens is 3. The van der Waals surface area contributed by atoms with Crippen molar-refractivity contribution >= 4 is 33.7 Å². The third-order valence-electron chi connectivity index (χ3n) is 6.30. The molecule has 0 bridgehead atoms. The number of rotatable bonds is 9. The van der Waals surface area contributed by atoms with Crippen LogP contribution in [0.4, 0.5) is 11.8 Å². The lowest BCUT2D eigenvalue weighted by atomic mass is 10.1. The predicted octanol–water partition coefficient (Wildman–Crippen LogP) is 4.30. The summed E-state index contributed by atoms with van der Waals surface area (Å²) in [5.41, 5.74) is 11.7. The molecular formula is C28H38N6O2. The van der Waals surface area contributed by atoms with E-state index in [0.717, 1.165) is 79.9 Å². The molecule has 5 N–H and O–H groups in total. The molecule has 1 aliphatic heterocycles. The Morgan fingerprint density at radius 1 is 1.11 bits per heavy atom. The van der Waals surface area contributed by atoms with E-state index in [9.17, 15) is 0 Å². The molecule has 4 aromatic rings. The van der Waals surface area contributed by atoms with E-state index >= 15 is 0 Å². The van der Waals surface area contributed by atoms with Gasteiger partial charge < -0.3 is 30.8 Å². The Morgan fingerprint density at radius 2 is 1.92 bits per heavy atom. The molecule has 36 heavy (non-hydrogen) atoms. The molecule has 0 radical (unpaired) electrons. The number of aliphatic hydroxyl groups is 1. The van der Waals surface area contributed by atoms with Crippen LogP contribution in [0.25, 0.3) is 21.9 Å². The van der Waals surface area contributed by atoms with Gasteiger partial charge in [0.15, 0.2) is 5.82 Å². The Labute approximate surface area is 212 Å². The maximum atomic E-state index is 7.57. The highest BCUT2D eigenvalue weighted by molar-refractivity contribution is 6.09. The van der Waals surface area contributed by atoms with Crippen LogP contribution in [0.5, 0.6) is 0 Å². The van der Waals surface area contributed by atoms with E-state index in [1.165, 1.54) is 11.1 Å². The van der Waals surface area contributed by atoms with Gasteiger partial charge in [-0.05, 0) is 37.0 Å². The van der Waals surface area contributed by atoms with Crippen LogP contribution in [0.3, 0.4) is 0 Å². The van der Waals surface area contributed by atoms with Gasteiger partial charge in [0.05, 0.1) is 12.1 Å². The Bertz CT molecular complexity index is 1270. The van der Waals surface area contributed by atoms with Gasteiger partial charge >= 0.3 is 0 Å². The van der Waals surface area contributed by atoms with E-state index in [2.05, 4.69) is 74.6 Å². The van der Waals surface area contributed by atoms with E-state index in [0.29, 0.717) is 12.0 Å². The SMILES string of the molecule is CCCCNc1nc(N)nc2c3ccccc3n(Cc3cccc(CNC4CCOC4)c3)c12.CCO. The number of ether oxygens (including phenoxy) is 1. The van der Waals surface area contributed by atoms with Crippen molar-refractivity contribution in [1.82, 2.24) is 19.9 Å². The van der Waals surface area contributed by atoms with Crippen LogP contribution in [0.15, 0.2) is 48.5 Å². The maximum absolute atomic E-state index is 7.57. The van der Waals surface area contributed by atoms with Crippen LogP contribution in [0.1, 0.15) is 44.2 Å². The lowest BCUT2D eigenvalue weighted by Gasteiger charge is -2.14. The number of unbranched alkanes of at least 4 members (excludes halogenated alkanes) is 1. The number of benzene rings is 2. The second-order valence-electron chi connectivity index (χ2n) is 9.09. The molecular weight excluding hydrogens is 452 g/mol. The molecule has 0 saturated carbocycles. The van der Waals surface area contributed by atoms with Gasteiger partial charge in [-0.1, -0.05) is 55.8 Å². The number of anilines is 2. The first-order valence-corrected chi connectivity index (χ1v) is 12.9. The summed E-state index contributed by atoms with van der Waals surface area (Å²) in [7, 11) is 0. The third kappa shape index (κ3) is 6.13. The summed E-state index contributed by atoms with van der Waals surface area (Å²) in [4.78, 5) is 9.20. The number of nitrogens with zero attached hydrogens (tertiary/aromatic N) is 3. The zero-order valence-corrected chi connectivity index (χ0v) is 21.3. The molecule has 2 aromatic carbocycles. The number of aliphatic hydroxyl groups excluding tert-OH is 1. The molecule has 0 aliphatic carbocycles. The lowest BCUT2D eigenvalue weighted by Crippen LogP contribution is -2.28. The summed E-state index contributed by atoms with van der Waals surface area (Å²) in [6, 6.07) is 17.6. The number of nitrogen functional groups attached to an aromatic ring is 1. The fourth-order valence-electron chi connectivity index (χ4n) is 4.59. The Morgan fingerprint density at radius 3 is 2.69 bits per heavy atom. The summed E-state index contributed by atoms with van der Waals surface area (Å²) < 4.78 is 7.80. The van der Waals surface area contributed by atoms with E-state index in [1.807, 2.05) is 6.07 Å². The molecule has 8 nitrogen and oxygen atoms in total. The van der Waals surface area contributed by atoms with Crippen molar-refractivity contribution in [1.29, 1.82) is 0 Å². The van der Waals surface area contributed by atoms with E-state index in [-0.39, 0.29) is 6.61 Å². The van der Waals surface area contributed by atoms with Gasteiger partial charge in [-0.3, -0.25) is 0 Å². The number of nitrogens with one attached hydrogen (secondary N) is 2. The number of hydrogen-bond donors (Lipinski definition) is 4. The molecule has 3 heterocycles. The molecule has 8 heteroatoms. The van der Waals surface area contributed by atoms with Gasteiger partial charge in [0, 0.05) is 44.3 Å². The molecule has 1 aliphatic rings. The van der Waals surface area contributed by atoms with Crippen LogP contribution in [0.2, 0.25) is 0 Å². The van der Waals surface area contributed by atoms with Gasteiger partial charge in [-0.15, -0.1) is 0 Å². The van der Waals surface area contributed by atoms with Gasteiger partial charge in [0.1, 0.15) is 11.0 Å². The molecule has 1 atom stereocenters. The molecule has 1 saturated heterocycles. The third-order valence-corrected chi connectivity index (χ3v) is 6.30. The van der Waals surface area contributed by atoms with Crippen LogP contribution in [-0.4, -0.2) is 52.0 Å². The van der Waals surface area contributed by atoms with E-state index < -0.39 is 0 Å². The number of hydrogen-bond acceptors (Lipinski definition) is 7. The molecule has 1 unspecified atom stereocenters. The van der Waals surface area contributed by atoms with Crippen molar-refractivity contribution in [3.05, 3.63) is 59.7 Å². The summed E-state index contributed by atoms with van der Waals surface area (Å²) in [6.07, 6.45) is 3.28. The van der Waals surface area contributed by atoms with Gasteiger partial charge in [-0.25, -0.2) is 4.98 Å². The summed E-state index contributed by atoms with van der Waals surface area (Å²) in [6.45, 7) is 8.21. The van der Waals surface area contributed by atoms with Crippen molar-refractivity contribution in [2.24, 2.45) is 0 Å². The highest BCUT2D eigenvalue weighted by atomic mass is 16.5. The van der Waals surface area contributed by atoms with Crippen LogP contribution in [0, 0.1) is 0 Å². The Hall–Kier alpha value is -3.20. The maximum Gasteiger partial charge on any atom is 0.222 e. The largest absolute Gasteiger partial charge is 0.397 e. The predicted molar refractivity (Wildman–Crippen MR) is 147 cm³/mol. The van der Waals surface area contributed by atoms with Crippen molar-refractivity contribution in [2.45, 2.75) is 52.2 Å². The molecule has 5 rings (SSSR count). The van der Waals surface area contributed by atoms with Crippen molar-refractivity contribution in [2.75, 3.05) is 37.4 Å². The topological polar surface area (TPSA) is 110 Å². The van der Waals surface area contributed by atoms with E-state index in [4.69, 9.17) is 15.6 Å². The summed E-state index contributed by atoms with van der Waals surface area (Å²) in [5, 5.41) is 15.8. The minimum atomic E-state index is 0.250. The quantitative estimate of drug-likeness (QED) is 0.259. The van der Waals surface area contributed by atoms with Crippen molar-refractivity contribution < 1.29 is 9.84 Å². The van der Waals surface area contributed by atoms with E-state index in [1.54, 1.807) is 6.92 Å². The fourth-order valence-corrected chi connectivity index (χ4v) is 4.59. The Balaban J connectivity index is 0.000000967. The van der Waals surface area contributed by atoms with Gasteiger partial charge in [0.2, 0.25) is 5.95 Å². The van der Waals surface area contributed by atoms with Crippen molar-refractivity contribution in [3.63, 3.8) is 0 Å². The summed E-state index contributed by atoms with van der Waals surface area (Å²) >= 11 is 0. The first kappa shape index (κ1) is 25.9. The highest BCUT2D eigenvalue weighted by Crippen LogP contribution is 2.33. The average molecular weight is 491 g/mol. The summed E-state index contributed by atoms with van der Waals surface area (Å²) in [5.74, 6) is 1.11. The first-order chi connectivity index (χ1) is 17.6. The fraction of sp³-hybridized carbons (Fsp3) is 0.429. The number of para-hydroxylation sites is 1. The number of nitrogens with two attached hydrogens (primary N) is 1. The number of fused-ring (bicyclic) bond motifs is 3. The van der Waals surface area contributed by atoms with Gasteiger partial charge in [0.25, 0.3) is 0 Å².